The summed E-state index contributed by atoms with van der Waals surface area (Å²) in [4.78, 5) is 71.1. The maximum atomic E-state index is 15.5. The van der Waals surface area contributed by atoms with Crippen LogP contribution in [0.5, 0.6) is 5.75 Å². The van der Waals surface area contributed by atoms with Gasteiger partial charge >= 0.3 is 0 Å². The molecule has 5 amide bonds. The lowest BCUT2D eigenvalue weighted by atomic mass is 9.79. The van der Waals surface area contributed by atoms with Crippen molar-refractivity contribution in [2.24, 2.45) is 11.3 Å². The zero-order valence-corrected chi connectivity index (χ0v) is 33.8. The smallest absolute Gasteiger partial charge is 0.272 e. The minimum atomic E-state index is -1.10. The number of likely N-dealkylation sites (tertiary alicyclic amines) is 1. The van der Waals surface area contributed by atoms with Crippen LogP contribution in [0.4, 0.5) is 15.9 Å². The molecule has 1 saturated carbocycles. The molecule has 0 radical (unpaired) electrons. The van der Waals surface area contributed by atoms with Crippen LogP contribution >= 0.6 is 11.6 Å². The number of carbonyl (C=O) groups excluding carboxylic acids is 5. The van der Waals surface area contributed by atoms with Gasteiger partial charge in [0.15, 0.2) is 11.5 Å². The van der Waals surface area contributed by atoms with Crippen molar-refractivity contribution in [3.05, 3.63) is 75.7 Å². The van der Waals surface area contributed by atoms with E-state index in [1.165, 1.54) is 6.07 Å². The van der Waals surface area contributed by atoms with E-state index in [0.29, 0.717) is 35.3 Å². The first-order valence-corrected chi connectivity index (χ1v) is 21.1. The van der Waals surface area contributed by atoms with Crippen molar-refractivity contribution < 1.29 is 33.1 Å². The molecule has 1 aromatic heterocycles. The molecule has 0 bridgehead atoms. The number of imide groups is 2. The van der Waals surface area contributed by atoms with E-state index in [0.717, 1.165) is 94.5 Å². The molecule has 1 unspecified atom stereocenters. The predicted octanol–water partition coefficient (Wildman–Crippen LogP) is 4.09. The molecular formula is C43H45ClFN9O6. The van der Waals surface area contributed by atoms with Crippen LogP contribution in [-0.4, -0.2) is 114 Å². The van der Waals surface area contributed by atoms with Crippen molar-refractivity contribution in [3.8, 4) is 11.8 Å². The number of fused-ring (bicyclic) bond motifs is 1. The summed E-state index contributed by atoms with van der Waals surface area (Å²) in [7, 11) is 0. The van der Waals surface area contributed by atoms with Crippen LogP contribution in [0.25, 0.3) is 0 Å². The van der Waals surface area contributed by atoms with E-state index >= 15 is 4.39 Å². The quantitative estimate of drug-likeness (QED) is 0.295. The highest BCUT2D eigenvalue weighted by molar-refractivity contribution is 6.31. The van der Waals surface area contributed by atoms with Crippen LogP contribution in [0.15, 0.2) is 42.5 Å². The molecule has 60 heavy (non-hydrogen) atoms. The number of piperidine rings is 2. The van der Waals surface area contributed by atoms with Crippen molar-refractivity contribution in [2.75, 3.05) is 55.6 Å². The Balaban J connectivity index is 0.707. The van der Waals surface area contributed by atoms with Gasteiger partial charge in [0.1, 0.15) is 23.7 Å². The molecule has 2 N–H and O–H groups in total. The van der Waals surface area contributed by atoms with Crippen LogP contribution in [0.2, 0.25) is 5.02 Å². The second kappa shape index (κ2) is 16.1. The number of halogens is 2. The summed E-state index contributed by atoms with van der Waals surface area (Å²) in [5, 5.41) is 23.4. The average Bonchev–Trinajstić information content (AvgIpc) is 3.76. The van der Waals surface area contributed by atoms with Crippen LogP contribution < -0.4 is 25.2 Å². The molecule has 5 fully saturated rings. The van der Waals surface area contributed by atoms with Gasteiger partial charge in [0, 0.05) is 63.2 Å². The van der Waals surface area contributed by atoms with Gasteiger partial charge in [-0.2, -0.15) is 5.26 Å². The van der Waals surface area contributed by atoms with Crippen molar-refractivity contribution in [3.63, 3.8) is 0 Å². The highest BCUT2D eigenvalue weighted by Gasteiger charge is 2.49. The van der Waals surface area contributed by atoms with E-state index in [1.54, 1.807) is 24.3 Å². The van der Waals surface area contributed by atoms with Crippen molar-refractivity contribution >= 4 is 52.6 Å². The van der Waals surface area contributed by atoms with Crippen molar-refractivity contribution in [1.29, 1.82) is 5.26 Å². The monoisotopic (exact) mass is 837 g/mol. The van der Waals surface area contributed by atoms with Gasteiger partial charge in [-0.3, -0.25) is 34.2 Å². The fraction of sp³-hybridized carbons (Fsp3) is 0.488. The molecular weight excluding hydrogens is 793 g/mol. The van der Waals surface area contributed by atoms with E-state index < -0.39 is 35.5 Å². The highest BCUT2D eigenvalue weighted by atomic mass is 35.5. The second-order valence-electron chi connectivity index (χ2n) is 17.2. The minimum Gasteiger partial charge on any atom is -0.490 e. The maximum Gasteiger partial charge on any atom is 0.272 e. The Kier molecular flexibility index (Phi) is 10.7. The van der Waals surface area contributed by atoms with Crippen LogP contribution in [0.3, 0.4) is 0 Å². The van der Waals surface area contributed by atoms with Gasteiger partial charge in [0.05, 0.1) is 33.5 Å². The largest absolute Gasteiger partial charge is 0.490 e. The van der Waals surface area contributed by atoms with E-state index in [-0.39, 0.29) is 58.8 Å². The van der Waals surface area contributed by atoms with Gasteiger partial charge in [0.25, 0.3) is 17.7 Å². The minimum absolute atomic E-state index is 0.00997. The molecule has 17 heteroatoms. The first-order chi connectivity index (χ1) is 29.0. The molecule has 312 valence electrons. The summed E-state index contributed by atoms with van der Waals surface area (Å²) >= 11 is 6.15. The number of benzene rings is 2. The molecule has 4 saturated heterocycles. The van der Waals surface area contributed by atoms with Gasteiger partial charge in [-0.1, -0.05) is 11.6 Å². The number of aromatic nitrogens is 2. The summed E-state index contributed by atoms with van der Waals surface area (Å²) < 4.78 is 21.5. The molecule has 6 aliphatic rings. The topological polar surface area (TPSA) is 181 Å². The van der Waals surface area contributed by atoms with Gasteiger partial charge in [-0.25, -0.2) is 4.39 Å². The van der Waals surface area contributed by atoms with Crippen LogP contribution in [0, 0.1) is 28.5 Å². The van der Waals surface area contributed by atoms with E-state index in [2.05, 4.69) is 30.6 Å². The third-order valence-corrected chi connectivity index (χ3v) is 13.4. The normalized spacial score (nSPS) is 24.3. The summed E-state index contributed by atoms with van der Waals surface area (Å²) in [6.07, 6.45) is 6.00. The summed E-state index contributed by atoms with van der Waals surface area (Å²) in [5.41, 5.74) is 1.19. The molecule has 5 aliphatic heterocycles. The lowest BCUT2D eigenvalue weighted by Crippen LogP contribution is -2.58. The van der Waals surface area contributed by atoms with Gasteiger partial charge in [-0.15, -0.1) is 10.2 Å². The molecule has 1 atom stereocenters. The first kappa shape index (κ1) is 39.8. The number of rotatable bonds is 9. The molecule has 15 nitrogen and oxygen atoms in total. The maximum absolute atomic E-state index is 15.5. The molecule has 3 aromatic rings. The third kappa shape index (κ3) is 7.76. The number of carbonyl (C=O) groups is 5. The third-order valence-electron chi connectivity index (χ3n) is 13.1. The summed E-state index contributed by atoms with van der Waals surface area (Å²) in [6.45, 7) is 5.95. The Morgan fingerprint density at radius 2 is 1.67 bits per heavy atom. The van der Waals surface area contributed by atoms with Gasteiger partial charge in [0.2, 0.25) is 11.8 Å². The standard InChI is InChI=1S/C43H45ClFN9O6/c44-32-17-29(4-1-26(32)20-46)60-28-5-2-27(3-6-28)47-39(56)34-7-9-37(50-49-34)53-23-43(24-53)13-16-51(22-43)21-25-11-14-52(15-12-25)36-19-31-30(18-33(36)45)41(58)54(42(31)59)35-8-10-38(55)48-40(35)57/h1,4,7,9,17-19,25,27-28,35H,2-3,5-6,8,10-16,21-24H2,(H,47,56)(H,48,55,57)/t27-,28-,35?. The molecule has 1 aliphatic carbocycles. The van der Waals surface area contributed by atoms with Crippen molar-refractivity contribution in [2.45, 2.75) is 76.0 Å². The summed E-state index contributed by atoms with van der Waals surface area (Å²) in [6, 6.07) is 12.2. The molecule has 2 aromatic carbocycles. The zero-order chi connectivity index (χ0) is 41.7. The second-order valence-corrected chi connectivity index (χ2v) is 17.6. The lowest BCUT2D eigenvalue weighted by molar-refractivity contribution is -0.136. The Hall–Kier alpha value is -5.66. The number of hydrogen-bond donors (Lipinski definition) is 2. The fourth-order valence-electron chi connectivity index (χ4n) is 9.86. The van der Waals surface area contributed by atoms with Crippen LogP contribution in [0.1, 0.15) is 94.6 Å². The van der Waals surface area contributed by atoms with Crippen molar-refractivity contribution in [1.82, 2.24) is 30.6 Å². The SMILES string of the molecule is N#Cc1ccc(O[C@H]2CC[C@H](NC(=O)c3ccc(N4CC5(CCN(CC6CCN(c7cc8c(cc7F)C(=O)N(C7CCC(=O)NC7=O)C8=O)CC6)C5)C4)nn3)CC2)cc1Cl. The number of nitriles is 1. The molecule has 9 rings (SSSR count). The highest BCUT2D eigenvalue weighted by Crippen LogP contribution is 2.42. The molecule has 6 heterocycles. The van der Waals surface area contributed by atoms with Crippen LogP contribution in [-0.2, 0) is 9.59 Å². The lowest BCUT2D eigenvalue weighted by Gasteiger charge is -2.48. The average molecular weight is 838 g/mol. The summed E-state index contributed by atoms with van der Waals surface area (Å²) in [5.74, 6) is -1.49. The number of hydrogen-bond acceptors (Lipinski definition) is 12. The predicted molar refractivity (Wildman–Crippen MR) is 216 cm³/mol. The number of ether oxygens (including phenoxy) is 1. The number of anilines is 2. The molecule has 1 spiro atoms. The number of nitrogens with one attached hydrogen (secondary N) is 2. The van der Waals surface area contributed by atoms with E-state index in [9.17, 15) is 24.0 Å². The Bertz CT molecular complexity index is 2280. The number of nitrogens with zero attached hydrogens (tertiary/aromatic N) is 7. The Morgan fingerprint density at radius 1 is 0.917 bits per heavy atom. The number of amides is 5. The Labute approximate surface area is 351 Å². The van der Waals surface area contributed by atoms with Gasteiger partial charge in [-0.05, 0) is 100 Å². The van der Waals surface area contributed by atoms with E-state index in [4.69, 9.17) is 21.6 Å². The fourth-order valence-corrected chi connectivity index (χ4v) is 10.1. The first-order valence-electron chi connectivity index (χ1n) is 20.7. The van der Waals surface area contributed by atoms with Gasteiger partial charge < -0.3 is 24.8 Å². The zero-order valence-electron chi connectivity index (χ0n) is 33.0. The van der Waals surface area contributed by atoms with E-state index in [1.807, 2.05) is 17.0 Å². The Morgan fingerprint density at radius 3 is 2.35 bits per heavy atom.